The van der Waals surface area contributed by atoms with Crippen molar-refractivity contribution in [3.8, 4) is 0 Å². The number of aromatic nitrogens is 1. The van der Waals surface area contributed by atoms with Gasteiger partial charge < -0.3 is 0 Å². The second kappa shape index (κ2) is 3.83. The quantitative estimate of drug-likeness (QED) is 0.696. The molecule has 0 bridgehead atoms. The molecule has 1 heterocycles. The number of hydrogen-bond donors (Lipinski definition) is 0. The standard InChI is InChI=1S/C6H9NOS2/c1-2-9-5-7-3-4-10-6(7)8/h3-4H,2,5H2,1H3. The molecule has 1 aromatic heterocycles. The van der Waals surface area contributed by atoms with Crippen molar-refractivity contribution >= 4 is 23.1 Å². The summed E-state index contributed by atoms with van der Waals surface area (Å²) in [4.78, 5) is 11.0. The summed E-state index contributed by atoms with van der Waals surface area (Å²) in [5.41, 5.74) is 0. The highest BCUT2D eigenvalue weighted by Gasteiger charge is 1.93. The first kappa shape index (κ1) is 7.88. The van der Waals surface area contributed by atoms with Crippen LogP contribution < -0.4 is 4.87 Å². The molecule has 0 aliphatic carbocycles. The second-order valence-corrected chi connectivity index (χ2v) is 3.86. The topological polar surface area (TPSA) is 22.0 Å². The van der Waals surface area contributed by atoms with Crippen molar-refractivity contribution in [1.29, 1.82) is 0 Å². The Kier molecular flexibility index (Phi) is 3.02. The Bertz CT molecular complexity index is 240. The molecule has 0 atom stereocenters. The van der Waals surface area contributed by atoms with E-state index in [0.717, 1.165) is 11.6 Å². The van der Waals surface area contributed by atoms with Gasteiger partial charge in [-0.3, -0.25) is 9.36 Å². The molecule has 1 rings (SSSR count). The van der Waals surface area contributed by atoms with Crippen LogP contribution in [-0.4, -0.2) is 10.3 Å². The van der Waals surface area contributed by atoms with E-state index in [9.17, 15) is 4.79 Å². The Balaban J connectivity index is 2.57. The monoisotopic (exact) mass is 175 g/mol. The fraction of sp³-hybridized carbons (Fsp3) is 0.500. The first-order chi connectivity index (χ1) is 4.84. The molecule has 0 spiro atoms. The van der Waals surface area contributed by atoms with Crippen LogP contribution in [-0.2, 0) is 5.88 Å². The van der Waals surface area contributed by atoms with Gasteiger partial charge in [0.2, 0.25) is 0 Å². The maximum Gasteiger partial charge on any atom is 0.307 e. The molecule has 0 saturated heterocycles. The summed E-state index contributed by atoms with van der Waals surface area (Å²) in [6, 6.07) is 0. The number of thioether (sulfide) groups is 1. The van der Waals surface area contributed by atoms with Crippen molar-refractivity contribution in [2.75, 3.05) is 5.75 Å². The van der Waals surface area contributed by atoms with E-state index in [4.69, 9.17) is 0 Å². The highest BCUT2D eigenvalue weighted by molar-refractivity contribution is 7.98. The predicted octanol–water partition coefficient (Wildman–Crippen LogP) is 1.62. The smallest absolute Gasteiger partial charge is 0.296 e. The highest BCUT2D eigenvalue weighted by Crippen LogP contribution is 2.02. The number of nitrogens with zero attached hydrogens (tertiary/aromatic N) is 1. The minimum atomic E-state index is 0.140. The van der Waals surface area contributed by atoms with Crippen molar-refractivity contribution in [2.24, 2.45) is 0 Å². The molecule has 0 amide bonds. The van der Waals surface area contributed by atoms with Gasteiger partial charge in [-0.05, 0) is 5.75 Å². The van der Waals surface area contributed by atoms with E-state index >= 15 is 0 Å². The molecule has 0 aliphatic rings. The van der Waals surface area contributed by atoms with Gasteiger partial charge in [0, 0.05) is 11.6 Å². The van der Waals surface area contributed by atoms with Gasteiger partial charge >= 0.3 is 4.87 Å². The van der Waals surface area contributed by atoms with E-state index in [-0.39, 0.29) is 4.87 Å². The van der Waals surface area contributed by atoms with Crippen LogP contribution >= 0.6 is 23.1 Å². The Morgan fingerprint density at radius 1 is 1.80 bits per heavy atom. The second-order valence-electron chi connectivity index (χ2n) is 1.76. The molecule has 4 heteroatoms. The van der Waals surface area contributed by atoms with Gasteiger partial charge in [-0.1, -0.05) is 18.3 Å². The van der Waals surface area contributed by atoms with Crippen molar-refractivity contribution < 1.29 is 0 Å². The third kappa shape index (κ3) is 1.88. The third-order valence-corrected chi connectivity index (χ3v) is 2.64. The molecule has 10 heavy (non-hydrogen) atoms. The molecule has 0 saturated carbocycles. The largest absolute Gasteiger partial charge is 0.307 e. The molecule has 0 aliphatic heterocycles. The Morgan fingerprint density at radius 3 is 3.10 bits per heavy atom. The lowest BCUT2D eigenvalue weighted by molar-refractivity contribution is 0.873. The molecule has 0 aromatic carbocycles. The molecule has 1 aromatic rings. The van der Waals surface area contributed by atoms with Crippen molar-refractivity contribution in [2.45, 2.75) is 12.8 Å². The minimum Gasteiger partial charge on any atom is -0.296 e. The van der Waals surface area contributed by atoms with Crippen molar-refractivity contribution in [3.63, 3.8) is 0 Å². The zero-order chi connectivity index (χ0) is 7.40. The van der Waals surface area contributed by atoms with Crippen LogP contribution in [0.2, 0.25) is 0 Å². The first-order valence-corrected chi connectivity index (χ1v) is 5.09. The van der Waals surface area contributed by atoms with Crippen LogP contribution in [0.3, 0.4) is 0 Å². The van der Waals surface area contributed by atoms with Gasteiger partial charge in [0.05, 0.1) is 5.88 Å². The van der Waals surface area contributed by atoms with E-state index in [1.165, 1.54) is 11.3 Å². The Labute approximate surface area is 67.9 Å². The lowest BCUT2D eigenvalue weighted by Crippen LogP contribution is -2.09. The number of hydrogen-bond acceptors (Lipinski definition) is 3. The number of thiazole rings is 1. The van der Waals surface area contributed by atoms with Gasteiger partial charge in [0.1, 0.15) is 0 Å². The zero-order valence-electron chi connectivity index (χ0n) is 5.74. The van der Waals surface area contributed by atoms with Gasteiger partial charge in [0.15, 0.2) is 0 Å². The predicted molar refractivity (Wildman–Crippen MR) is 46.7 cm³/mol. The maximum atomic E-state index is 10.9. The van der Waals surface area contributed by atoms with Gasteiger partial charge in [-0.15, -0.1) is 11.8 Å². The fourth-order valence-electron chi connectivity index (χ4n) is 0.576. The molecule has 2 nitrogen and oxygen atoms in total. The molecule has 0 unspecified atom stereocenters. The SMILES string of the molecule is CCSCn1ccsc1=O. The lowest BCUT2D eigenvalue weighted by atomic mass is 10.9. The summed E-state index contributed by atoms with van der Waals surface area (Å²) in [6.07, 6.45) is 1.83. The maximum absolute atomic E-state index is 10.9. The molecule has 56 valence electrons. The van der Waals surface area contributed by atoms with Gasteiger partial charge in [-0.2, -0.15) is 0 Å². The van der Waals surface area contributed by atoms with E-state index in [1.54, 1.807) is 16.3 Å². The van der Waals surface area contributed by atoms with Gasteiger partial charge in [-0.25, -0.2) is 0 Å². The van der Waals surface area contributed by atoms with Crippen molar-refractivity contribution in [1.82, 2.24) is 4.57 Å². The summed E-state index contributed by atoms with van der Waals surface area (Å²) in [5.74, 6) is 1.85. The number of rotatable bonds is 3. The van der Waals surface area contributed by atoms with Crippen LogP contribution in [0.25, 0.3) is 0 Å². The molecule has 0 N–H and O–H groups in total. The molecular formula is C6H9NOS2. The molecule has 0 radical (unpaired) electrons. The summed E-state index contributed by atoms with van der Waals surface area (Å²) >= 11 is 3.00. The molecular weight excluding hydrogens is 166 g/mol. The summed E-state index contributed by atoms with van der Waals surface area (Å²) in [7, 11) is 0. The van der Waals surface area contributed by atoms with Crippen molar-refractivity contribution in [3.05, 3.63) is 21.2 Å². The Morgan fingerprint density at radius 2 is 2.60 bits per heavy atom. The third-order valence-electron chi connectivity index (χ3n) is 1.08. The average Bonchev–Trinajstić information content (AvgIpc) is 2.31. The summed E-state index contributed by atoms with van der Waals surface area (Å²) in [6.45, 7) is 2.09. The van der Waals surface area contributed by atoms with Crippen LogP contribution in [0.1, 0.15) is 6.92 Å². The van der Waals surface area contributed by atoms with E-state index < -0.39 is 0 Å². The van der Waals surface area contributed by atoms with E-state index in [0.29, 0.717) is 0 Å². The van der Waals surface area contributed by atoms with Gasteiger partial charge in [0.25, 0.3) is 0 Å². The van der Waals surface area contributed by atoms with Crippen LogP contribution in [0, 0.1) is 0 Å². The average molecular weight is 175 g/mol. The summed E-state index contributed by atoms with van der Waals surface area (Å²) in [5, 5.41) is 1.82. The highest BCUT2D eigenvalue weighted by atomic mass is 32.2. The minimum absolute atomic E-state index is 0.140. The normalized spacial score (nSPS) is 10.1. The molecule has 0 fully saturated rings. The fourth-order valence-corrected chi connectivity index (χ4v) is 1.83. The van der Waals surface area contributed by atoms with Crippen LogP contribution in [0.5, 0.6) is 0 Å². The van der Waals surface area contributed by atoms with E-state index in [2.05, 4.69) is 6.92 Å². The summed E-state index contributed by atoms with van der Waals surface area (Å²) < 4.78 is 1.72. The van der Waals surface area contributed by atoms with Crippen LogP contribution in [0.15, 0.2) is 16.4 Å². The first-order valence-electron chi connectivity index (χ1n) is 3.06. The van der Waals surface area contributed by atoms with Crippen LogP contribution in [0.4, 0.5) is 0 Å². The van der Waals surface area contributed by atoms with E-state index in [1.807, 2.05) is 11.6 Å². The zero-order valence-corrected chi connectivity index (χ0v) is 7.37. The lowest BCUT2D eigenvalue weighted by Gasteiger charge is -1.95. The Hall–Kier alpha value is -0.220.